The van der Waals surface area contributed by atoms with E-state index in [1.165, 1.54) is 12.1 Å². The van der Waals surface area contributed by atoms with Crippen LogP contribution in [0.4, 0.5) is 10.2 Å². The first kappa shape index (κ1) is 15.6. The molecule has 0 saturated carbocycles. The molecule has 0 amide bonds. The van der Waals surface area contributed by atoms with Crippen LogP contribution in [0.25, 0.3) is 0 Å². The third-order valence-corrected chi connectivity index (χ3v) is 3.70. The Labute approximate surface area is 134 Å². The third kappa shape index (κ3) is 4.14. The molecule has 1 atom stereocenters. The molecule has 23 heavy (non-hydrogen) atoms. The highest BCUT2D eigenvalue weighted by Gasteiger charge is 2.24. The van der Waals surface area contributed by atoms with Crippen molar-refractivity contribution >= 4 is 5.82 Å². The Morgan fingerprint density at radius 3 is 2.83 bits per heavy atom. The molecule has 1 aromatic carbocycles. The monoisotopic (exact) mass is 318 g/mol. The summed E-state index contributed by atoms with van der Waals surface area (Å²) in [5.41, 5.74) is 6.54. The number of benzene rings is 1. The van der Waals surface area contributed by atoms with Crippen molar-refractivity contribution in [3.63, 3.8) is 0 Å². The van der Waals surface area contributed by atoms with Crippen LogP contribution in [0, 0.1) is 5.82 Å². The van der Waals surface area contributed by atoms with Crippen LogP contribution in [0.1, 0.15) is 11.8 Å². The summed E-state index contributed by atoms with van der Waals surface area (Å²) < 4.78 is 24.2. The van der Waals surface area contributed by atoms with Crippen LogP contribution in [0.3, 0.4) is 0 Å². The van der Waals surface area contributed by atoms with E-state index >= 15 is 0 Å². The van der Waals surface area contributed by atoms with Crippen LogP contribution < -0.4 is 10.5 Å². The highest BCUT2D eigenvalue weighted by molar-refractivity contribution is 5.35. The van der Waals surface area contributed by atoms with Crippen molar-refractivity contribution in [3.05, 3.63) is 48.2 Å². The molecular formula is C16H19FN4O2. The van der Waals surface area contributed by atoms with Crippen LogP contribution in [-0.4, -0.2) is 47.7 Å². The van der Waals surface area contributed by atoms with Gasteiger partial charge in [0.2, 0.25) is 0 Å². The summed E-state index contributed by atoms with van der Waals surface area (Å²) in [6.45, 7) is 3.39. The van der Waals surface area contributed by atoms with Crippen molar-refractivity contribution in [1.82, 2.24) is 14.9 Å². The summed E-state index contributed by atoms with van der Waals surface area (Å²) >= 11 is 0. The predicted octanol–water partition coefficient (Wildman–Crippen LogP) is 1.65. The molecule has 1 aromatic heterocycles. The zero-order chi connectivity index (χ0) is 16.1. The number of morpholine rings is 1. The van der Waals surface area contributed by atoms with Crippen molar-refractivity contribution in [1.29, 1.82) is 0 Å². The van der Waals surface area contributed by atoms with Gasteiger partial charge in [0.25, 0.3) is 0 Å². The number of nitrogen functional groups attached to an aromatic ring is 1. The second-order valence-corrected chi connectivity index (χ2v) is 5.29. The van der Waals surface area contributed by atoms with E-state index in [4.69, 9.17) is 15.2 Å². The summed E-state index contributed by atoms with van der Waals surface area (Å²) in [5, 5.41) is 0. The van der Waals surface area contributed by atoms with E-state index in [2.05, 4.69) is 14.9 Å². The highest BCUT2D eigenvalue weighted by Crippen LogP contribution is 2.23. The Morgan fingerprint density at radius 1 is 1.26 bits per heavy atom. The molecule has 2 aromatic rings. The molecule has 0 aliphatic carbocycles. The van der Waals surface area contributed by atoms with Crippen molar-refractivity contribution < 1.29 is 13.9 Å². The van der Waals surface area contributed by atoms with Gasteiger partial charge in [-0.2, -0.15) is 0 Å². The van der Waals surface area contributed by atoms with Gasteiger partial charge >= 0.3 is 0 Å². The SMILES string of the molecule is Nc1nccnc1[C@@H]1CN(CCOc2ccc(F)cc2)CCO1. The van der Waals surface area contributed by atoms with E-state index in [1.807, 2.05) is 0 Å². The van der Waals surface area contributed by atoms with Crippen LogP contribution in [0.2, 0.25) is 0 Å². The molecule has 0 spiro atoms. The van der Waals surface area contributed by atoms with Gasteiger partial charge in [0.1, 0.15) is 35.8 Å². The molecule has 3 rings (SSSR count). The fourth-order valence-corrected chi connectivity index (χ4v) is 2.50. The number of aromatic nitrogens is 2. The van der Waals surface area contributed by atoms with Crippen LogP contribution in [0.5, 0.6) is 5.75 Å². The standard InChI is InChI=1S/C16H19FN4O2/c17-12-1-3-13(4-2-12)22-9-7-21-8-10-23-14(11-21)15-16(18)20-6-5-19-15/h1-6,14H,7-11H2,(H2,18,20)/t14-/m0/s1. The molecule has 122 valence electrons. The summed E-state index contributed by atoms with van der Waals surface area (Å²) in [6, 6.07) is 6.02. The third-order valence-electron chi connectivity index (χ3n) is 3.70. The smallest absolute Gasteiger partial charge is 0.147 e. The summed E-state index contributed by atoms with van der Waals surface area (Å²) in [5.74, 6) is 0.797. The van der Waals surface area contributed by atoms with Crippen LogP contribution >= 0.6 is 0 Å². The quantitative estimate of drug-likeness (QED) is 0.903. The van der Waals surface area contributed by atoms with Gasteiger partial charge in [-0.1, -0.05) is 0 Å². The van der Waals surface area contributed by atoms with Gasteiger partial charge in [0.15, 0.2) is 0 Å². The highest BCUT2D eigenvalue weighted by atomic mass is 19.1. The molecule has 2 N–H and O–H groups in total. The van der Waals surface area contributed by atoms with Gasteiger partial charge in [-0.25, -0.2) is 9.37 Å². The van der Waals surface area contributed by atoms with Crippen molar-refractivity contribution in [2.75, 3.05) is 38.6 Å². The Morgan fingerprint density at radius 2 is 2.04 bits per heavy atom. The maximum atomic E-state index is 12.8. The molecule has 6 nitrogen and oxygen atoms in total. The van der Waals surface area contributed by atoms with Crippen molar-refractivity contribution in [3.8, 4) is 5.75 Å². The first-order chi connectivity index (χ1) is 11.2. The fraction of sp³-hybridized carbons (Fsp3) is 0.375. The number of ether oxygens (including phenoxy) is 2. The van der Waals surface area contributed by atoms with Gasteiger partial charge in [-0.3, -0.25) is 9.88 Å². The maximum Gasteiger partial charge on any atom is 0.147 e. The van der Waals surface area contributed by atoms with Gasteiger partial charge in [0, 0.05) is 32.0 Å². The molecular weight excluding hydrogens is 299 g/mol. The lowest BCUT2D eigenvalue weighted by Gasteiger charge is -2.32. The number of nitrogens with zero attached hydrogens (tertiary/aromatic N) is 3. The molecule has 1 saturated heterocycles. The summed E-state index contributed by atoms with van der Waals surface area (Å²) in [4.78, 5) is 10.5. The summed E-state index contributed by atoms with van der Waals surface area (Å²) in [6.07, 6.45) is 3.00. The van der Waals surface area contributed by atoms with E-state index in [1.54, 1.807) is 24.5 Å². The topological polar surface area (TPSA) is 73.5 Å². The number of nitrogens with two attached hydrogens (primary N) is 1. The number of anilines is 1. The molecule has 7 heteroatoms. The van der Waals surface area contributed by atoms with Gasteiger partial charge < -0.3 is 15.2 Å². The largest absolute Gasteiger partial charge is 0.492 e. The second kappa shape index (κ2) is 7.34. The van der Waals surface area contributed by atoms with Gasteiger partial charge in [-0.15, -0.1) is 0 Å². The average molecular weight is 318 g/mol. The zero-order valence-electron chi connectivity index (χ0n) is 12.7. The van der Waals surface area contributed by atoms with Crippen LogP contribution in [0.15, 0.2) is 36.7 Å². The van der Waals surface area contributed by atoms with E-state index in [0.29, 0.717) is 37.0 Å². The van der Waals surface area contributed by atoms with Crippen molar-refractivity contribution in [2.24, 2.45) is 0 Å². The number of rotatable bonds is 5. The molecule has 1 aliphatic rings. The Balaban J connectivity index is 1.51. The van der Waals surface area contributed by atoms with E-state index < -0.39 is 0 Å². The second-order valence-electron chi connectivity index (χ2n) is 5.29. The molecule has 0 bridgehead atoms. The van der Waals surface area contributed by atoms with E-state index in [0.717, 1.165) is 13.1 Å². The van der Waals surface area contributed by atoms with Gasteiger partial charge in [0.05, 0.1) is 6.61 Å². The predicted molar refractivity (Wildman–Crippen MR) is 83.5 cm³/mol. The Kier molecular flexibility index (Phi) is 4.99. The average Bonchev–Trinajstić information content (AvgIpc) is 2.57. The minimum atomic E-state index is -0.269. The van der Waals surface area contributed by atoms with E-state index in [9.17, 15) is 4.39 Å². The molecule has 1 aliphatic heterocycles. The van der Waals surface area contributed by atoms with Gasteiger partial charge in [-0.05, 0) is 24.3 Å². The molecule has 1 fully saturated rings. The Hall–Kier alpha value is -2.25. The van der Waals surface area contributed by atoms with Crippen LogP contribution in [-0.2, 0) is 4.74 Å². The molecule has 0 radical (unpaired) electrons. The van der Waals surface area contributed by atoms with E-state index in [-0.39, 0.29) is 11.9 Å². The normalized spacial score (nSPS) is 18.7. The lowest BCUT2D eigenvalue weighted by molar-refractivity contribution is -0.0346. The molecule has 0 unspecified atom stereocenters. The minimum Gasteiger partial charge on any atom is -0.492 e. The summed E-state index contributed by atoms with van der Waals surface area (Å²) in [7, 11) is 0. The molecule has 2 heterocycles. The minimum absolute atomic E-state index is 0.178. The van der Waals surface area contributed by atoms with Crippen molar-refractivity contribution in [2.45, 2.75) is 6.10 Å². The first-order valence-corrected chi connectivity index (χ1v) is 7.51. The Bertz CT molecular complexity index is 638. The first-order valence-electron chi connectivity index (χ1n) is 7.51. The zero-order valence-corrected chi connectivity index (χ0v) is 12.7. The fourth-order valence-electron chi connectivity index (χ4n) is 2.50. The lowest BCUT2D eigenvalue weighted by atomic mass is 10.2. The number of hydrogen-bond donors (Lipinski definition) is 1. The lowest BCUT2D eigenvalue weighted by Crippen LogP contribution is -2.40. The maximum absolute atomic E-state index is 12.8. The number of hydrogen-bond acceptors (Lipinski definition) is 6. The number of halogens is 1.